The minimum Gasteiger partial charge on any atom is -0.478 e. The summed E-state index contributed by atoms with van der Waals surface area (Å²) in [4.78, 5) is 24.8. The van der Waals surface area contributed by atoms with Gasteiger partial charge in [-0.05, 0) is 39.5 Å². The lowest BCUT2D eigenvalue weighted by atomic mass is 9.99. The van der Waals surface area contributed by atoms with E-state index in [1.807, 2.05) is 13.8 Å². The number of carbonyl (C=O) groups is 2. The molecule has 0 aromatic carbocycles. The van der Waals surface area contributed by atoms with Crippen LogP contribution in [0.25, 0.3) is 0 Å². The van der Waals surface area contributed by atoms with Gasteiger partial charge in [-0.15, -0.1) is 0 Å². The topological polar surface area (TPSA) is 66.8 Å². The maximum Gasteiger partial charge on any atom is 0.410 e. The molecule has 1 atom stereocenters. The number of carbonyl (C=O) groups excluding carboxylic acids is 1. The van der Waals surface area contributed by atoms with Crippen LogP contribution in [-0.4, -0.2) is 40.8 Å². The molecule has 1 amide bonds. The normalized spacial score (nSPS) is 14.0. The first-order valence-electron chi connectivity index (χ1n) is 7.37. The number of carboxylic acid groups (broad SMARTS) is 1. The molecule has 5 nitrogen and oxygen atoms in total. The minimum atomic E-state index is -0.941. The van der Waals surface area contributed by atoms with Crippen LogP contribution in [-0.2, 0) is 9.53 Å². The average Bonchev–Trinajstić information content (AvgIpc) is 2.30. The third-order valence-corrected chi connectivity index (χ3v) is 2.94. The second-order valence-electron chi connectivity index (χ2n) is 6.64. The van der Waals surface area contributed by atoms with E-state index in [9.17, 15) is 9.59 Å². The van der Waals surface area contributed by atoms with Gasteiger partial charge in [0.2, 0.25) is 0 Å². The van der Waals surface area contributed by atoms with Gasteiger partial charge in [0.1, 0.15) is 5.60 Å². The smallest absolute Gasteiger partial charge is 0.410 e. The molecule has 1 N–H and O–H groups in total. The number of amides is 1. The highest BCUT2D eigenvalue weighted by Crippen LogP contribution is 2.18. The first kappa shape index (κ1) is 19.5. The van der Waals surface area contributed by atoms with E-state index in [2.05, 4.69) is 0 Å². The molecule has 21 heavy (non-hydrogen) atoms. The van der Waals surface area contributed by atoms with Crippen molar-refractivity contribution in [3.63, 3.8) is 0 Å². The van der Waals surface area contributed by atoms with Gasteiger partial charge in [-0.2, -0.15) is 0 Å². The summed E-state index contributed by atoms with van der Waals surface area (Å²) >= 11 is 0. The highest BCUT2D eigenvalue weighted by atomic mass is 16.6. The Hall–Kier alpha value is -1.52. The molecule has 5 heteroatoms. The number of carboxylic acids is 1. The van der Waals surface area contributed by atoms with Gasteiger partial charge in [0.15, 0.2) is 0 Å². The molecule has 0 spiro atoms. The summed E-state index contributed by atoms with van der Waals surface area (Å²) in [6.45, 7) is 11.3. The zero-order valence-corrected chi connectivity index (χ0v) is 14.3. The van der Waals surface area contributed by atoms with E-state index in [0.717, 1.165) is 0 Å². The Kier molecular flexibility index (Phi) is 7.47. The fourth-order valence-corrected chi connectivity index (χ4v) is 1.86. The number of hydrogen-bond donors (Lipinski definition) is 1. The fourth-order valence-electron chi connectivity index (χ4n) is 1.86. The van der Waals surface area contributed by atoms with E-state index in [-0.39, 0.29) is 6.04 Å². The number of aliphatic carboxylic acids is 1. The van der Waals surface area contributed by atoms with Crippen molar-refractivity contribution < 1.29 is 19.4 Å². The van der Waals surface area contributed by atoms with Crippen LogP contribution in [0.15, 0.2) is 11.6 Å². The number of rotatable bonds is 6. The number of likely N-dealkylation sites (N-methyl/N-ethyl adjacent to an activating group) is 1. The molecular formula is C16H29NO4. The second kappa shape index (κ2) is 8.05. The lowest BCUT2D eigenvalue weighted by Crippen LogP contribution is -2.40. The molecule has 0 unspecified atom stereocenters. The summed E-state index contributed by atoms with van der Waals surface area (Å²) in [5.74, 6) is -0.605. The van der Waals surface area contributed by atoms with Crippen molar-refractivity contribution in [2.24, 2.45) is 5.92 Å². The minimum absolute atomic E-state index is 0.286. The van der Waals surface area contributed by atoms with Crippen LogP contribution in [0.2, 0.25) is 0 Å². The molecule has 122 valence electrons. The highest BCUT2D eigenvalue weighted by molar-refractivity contribution is 5.86. The summed E-state index contributed by atoms with van der Waals surface area (Å²) in [5.41, 5.74) is -0.256. The Morgan fingerprint density at radius 3 is 2.14 bits per heavy atom. The first-order valence-corrected chi connectivity index (χ1v) is 7.37. The van der Waals surface area contributed by atoms with Crippen molar-refractivity contribution in [1.82, 2.24) is 4.90 Å². The Balaban J connectivity index is 5.23. The second-order valence-corrected chi connectivity index (χ2v) is 6.64. The van der Waals surface area contributed by atoms with E-state index in [1.165, 1.54) is 4.90 Å². The number of ether oxygens (including phenoxy) is 1. The predicted molar refractivity (Wildman–Crippen MR) is 83.2 cm³/mol. The summed E-state index contributed by atoms with van der Waals surface area (Å²) in [7, 11) is 1.65. The van der Waals surface area contributed by atoms with Gasteiger partial charge in [0, 0.05) is 12.6 Å². The molecule has 0 aliphatic rings. The lowest BCUT2D eigenvalue weighted by Gasteiger charge is -2.30. The Labute approximate surface area is 128 Å². The van der Waals surface area contributed by atoms with E-state index in [0.29, 0.717) is 24.3 Å². The van der Waals surface area contributed by atoms with Crippen molar-refractivity contribution in [3.05, 3.63) is 11.6 Å². The first-order chi connectivity index (χ1) is 9.47. The Bertz CT molecular complexity index is 394. The van der Waals surface area contributed by atoms with Crippen LogP contribution in [0.3, 0.4) is 0 Å². The third-order valence-electron chi connectivity index (χ3n) is 2.94. The van der Waals surface area contributed by atoms with E-state index in [1.54, 1.807) is 40.8 Å². The molecule has 0 aromatic heterocycles. The standard InChI is InChI=1S/C16H29NO4/c1-8-12(14(18)19)10-13(9-11(2)3)17(7)15(20)21-16(4,5)6/h10-11,13H,8-9H2,1-7H3,(H,18,19)/t13-/m0/s1. The highest BCUT2D eigenvalue weighted by Gasteiger charge is 2.25. The fraction of sp³-hybridized carbons (Fsp3) is 0.750. The van der Waals surface area contributed by atoms with E-state index >= 15 is 0 Å². The molecule has 0 aliphatic carbocycles. The van der Waals surface area contributed by atoms with Gasteiger partial charge >= 0.3 is 12.1 Å². The zero-order chi connectivity index (χ0) is 16.8. The van der Waals surface area contributed by atoms with E-state index in [4.69, 9.17) is 9.84 Å². The van der Waals surface area contributed by atoms with Gasteiger partial charge in [-0.25, -0.2) is 9.59 Å². The summed E-state index contributed by atoms with van der Waals surface area (Å²) in [6, 6.07) is -0.286. The van der Waals surface area contributed by atoms with Gasteiger partial charge in [-0.3, -0.25) is 0 Å². The molecule has 0 bridgehead atoms. The van der Waals surface area contributed by atoms with Gasteiger partial charge in [0.05, 0.1) is 6.04 Å². The van der Waals surface area contributed by atoms with Crippen LogP contribution >= 0.6 is 0 Å². The molecule has 0 heterocycles. The third kappa shape index (κ3) is 7.73. The predicted octanol–water partition coefficient (Wildman–Crippen LogP) is 3.69. The van der Waals surface area contributed by atoms with Crippen LogP contribution < -0.4 is 0 Å². The van der Waals surface area contributed by atoms with Gasteiger partial charge < -0.3 is 14.7 Å². The average molecular weight is 299 g/mol. The summed E-state index contributed by atoms with van der Waals surface area (Å²) in [6.07, 6.45) is 2.33. The van der Waals surface area contributed by atoms with Crippen molar-refractivity contribution in [1.29, 1.82) is 0 Å². The molecule has 0 aliphatic heterocycles. The Morgan fingerprint density at radius 1 is 1.29 bits per heavy atom. The van der Waals surface area contributed by atoms with Crippen LogP contribution in [0.5, 0.6) is 0 Å². The van der Waals surface area contributed by atoms with Crippen molar-refractivity contribution in [2.45, 2.75) is 66.0 Å². The maximum absolute atomic E-state index is 12.1. The van der Waals surface area contributed by atoms with Crippen LogP contribution in [0.4, 0.5) is 4.79 Å². The molecule has 0 aromatic rings. The lowest BCUT2D eigenvalue weighted by molar-refractivity contribution is -0.132. The van der Waals surface area contributed by atoms with Crippen LogP contribution in [0.1, 0.15) is 54.4 Å². The molecule has 0 rings (SSSR count). The molecule has 0 saturated heterocycles. The molecule has 0 fully saturated rings. The van der Waals surface area contributed by atoms with Gasteiger partial charge in [-0.1, -0.05) is 26.8 Å². The van der Waals surface area contributed by atoms with Crippen molar-refractivity contribution in [3.8, 4) is 0 Å². The molecular weight excluding hydrogens is 270 g/mol. The van der Waals surface area contributed by atoms with E-state index < -0.39 is 17.7 Å². The number of hydrogen-bond acceptors (Lipinski definition) is 3. The summed E-state index contributed by atoms with van der Waals surface area (Å²) in [5, 5.41) is 9.16. The maximum atomic E-state index is 12.1. The zero-order valence-electron chi connectivity index (χ0n) is 14.3. The van der Waals surface area contributed by atoms with Crippen molar-refractivity contribution >= 4 is 12.1 Å². The summed E-state index contributed by atoms with van der Waals surface area (Å²) < 4.78 is 5.35. The van der Waals surface area contributed by atoms with Crippen molar-refractivity contribution in [2.75, 3.05) is 7.05 Å². The number of nitrogens with zero attached hydrogens (tertiary/aromatic N) is 1. The van der Waals surface area contributed by atoms with Crippen LogP contribution in [0, 0.1) is 5.92 Å². The molecule has 0 radical (unpaired) electrons. The SMILES string of the molecule is CCC(=C[C@H](CC(C)C)N(C)C(=O)OC(C)(C)C)C(=O)O. The Morgan fingerprint density at radius 2 is 1.81 bits per heavy atom. The monoisotopic (exact) mass is 299 g/mol. The largest absolute Gasteiger partial charge is 0.478 e. The quantitative estimate of drug-likeness (QED) is 0.760. The molecule has 0 saturated carbocycles. The van der Waals surface area contributed by atoms with Gasteiger partial charge in [0.25, 0.3) is 0 Å².